The van der Waals surface area contributed by atoms with Crippen molar-refractivity contribution in [2.45, 2.75) is 19.1 Å². The Morgan fingerprint density at radius 1 is 1.19 bits per heavy atom. The first-order valence-electron chi connectivity index (χ1n) is 7.85. The van der Waals surface area contributed by atoms with E-state index in [1.54, 1.807) is 6.33 Å². The highest BCUT2D eigenvalue weighted by Gasteiger charge is 2.38. The van der Waals surface area contributed by atoms with Crippen LogP contribution in [0.4, 0.5) is 24.5 Å². The van der Waals surface area contributed by atoms with E-state index in [1.807, 2.05) is 28.8 Å². The second-order valence-corrected chi connectivity index (χ2v) is 5.69. The average Bonchev–Trinajstić information content (AvgIpc) is 3.01. The second kappa shape index (κ2) is 7.03. The first-order valence-corrected chi connectivity index (χ1v) is 7.85. The number of nitrogens with one attached hydrogen (secondary N) is 1. The van der Waals surface area contributed by atoms with Crippen LogP contribution < -0.4 is 5.32 Å². The van der Waals surface area contributed by atoms with Crippen molar-refractivity contribution in [1.82, 2.24) is 9.55 Å². The second-order valence-electron chi connectivity index (χ2n) is 5.69. The molecule has 0 amide bonds. The standard InChI is InChI=1S/C17H15F3N4O2/c18-17(19,20)13-10-12(6-7-15(13)24(25)26)21-8-3-9-23-11-22-14-4-1-2-5-16(14)23/h1-2,4-7,10-11,21H,3,8-9H2. The fourth-order valence-corrected chi connectivity index (χ4v) is 2.70. The molecule has 3 aromatic rings. The summed E-state index contributed by atoms with van der Waals surface area (Å²) in [5.74, 6) is 0. The predicted octanol–water partition coefficient (Wildman–Crippen LogP) is 4.47. The van der Waals surface area contributed by atoms with Crippen molar-refractivity contribution in [3.8, 4) is 0 Å². The van der Waals surface area contributed by atoms with Gasteiger partial charge in [-0.2, -0.15) is 13.2 Å². The molecule has 1 N–H and O–H groups in total. The Morgan fingerprint density at radius 2 is 1.96 bits per heavy atom. The minimum absolute atomic E-state index is 0.193. The van der Waals surface area contributed by atoms with Gasteiger partial charge in [0.25, 0.3) is 5.69 Å². The molecular weight excluding hydrogens is 349 g/mol. The molecule has 6 nitrogen and oxygen atoms in total. The molecule has 9 heteroatoms. The Balaban J connectivity index is 1.64. The van der Waals surface area contributed by atoms with Crippen LogP contribution in [0.1, 0.15) is 12.0 Å². The van der Waals surface area contributed by atoms with Crippen LogP contribution in [-0.2, 0) is 12.7 Å². The van der Waals surface area contributed by atoms with Gasteiger partial charge in [0.15, 0.2) is 0 Å². The highest BCUT2D eigenvalue weighted by molar-refractivity contribution is 5.74. The van der Waals surface area contributed by atoms with Crippen LogP contribution >= 0.6 is 0 Å². The summed E-state index contributed by atoms with van der Waals surface area (Å²) < 4.78 is 40.9. The van der Waals surface area contributed by atoms with E-state index in [9.17, 15) is 23.3 Å². The zero-order chi connectivity index (χ0) is 18.7. The number of halogens is 3. The number of hydrogen-bond donors (Lipinski definition) is 1. The Morgan fingerprint density at radius 3 is 2.69 bits per heavy atom. The lowest BCUT2D eigenvalue weighted by Crippen LogP contribution is -2.11. The minimum Gasteiger partial charge on any atom is -0.385 e. The van der Waals surface area contributed by atoms with Crippen LogP contribution in [0.15, 0.2) is 48.8 Å². The van der Waals surface area contributed by atoms with E-state index in [4.69, 9.17) is 0 Å². The summed E-state index contributed by atoms with van der Waals surface area (Å²) in [4.78, 5) is 14.0. The highest BCUT2D eigenvalue weighted by atomic mass is 19.4. The van der Waals surface area contributed by atoms with Gasteiger partial charge in [0.2, 0.25) is 0 Å². The smallest absolute Gasteiger partial charge is 0.385 e. The predicted molar refractivity (Wildman–Crippen MR) is 90.9 cm³/mol. The third-order valence-electron chi connectivity index (χ3n) is 3.93. The SMILES string of the molecule is O=[N+]([O-])c1ccc(NCCCn2cnc3ccccc32)cc1C(F)(F)F. The molecule has 2 aromatic carbocycles. The van der Waals surface area contributed by atoms with Gasteiger partial charge in [0.05, 0.1) is 22.3 Å². The number of fused-ring (bicyclic) bond motifs is 1. The van der Waals surface area contributed by atoms with Crippen LogP contribution in [-0.4, -0.2) is 21.0 Å². The molecule has 0 radical (unpaired) electrons. The zero-order valence-electron chi connectivity index (χ0n) is 13.5. The number of para-hydroxylation sites is 2. The molecular formula is C17H15F3N4O2. The Hall–Kier alpha value is -3.10. The number of aromatic nitrogens is 2. The first-order chi connectivity index (χ1) is 12.4. The van der Waals surface area contributed by atoms with Gasteiger partial charge in [0.1, 0.15) is 5.56 Å². The van der Waals surface area contributed by atoms with E-state index in [1.165, 1.54) is 6.07 Å². The lowest BCUT2D eigenvalue weighted by molar-refractivity contribution is -0.388. The summed E-state index contributed by atoms with van der Waals surface area (Å²) in [6, 6.07) is 10.6. The van der Waals surface area contributed by atoms with Crippen molar-refractivity contribution in [2.75, 3.05) is 11.9 Å². The van der Waals surface area contributed by atoms with Gasteiger partial charge in [-0.25, -0.2) is 4.98 Å². The average molecular weight is 364 g/mol. The van der Waals surface area contributed by atoms with Gasteiger partial charge >= 0.3 is 6.18 Å². The van der Waals surface area contributed by atoms with Crippen LogP contribution in [0.2, 0.25) is 0 Å². The van der Waals surface area contributed by atoms with Crippen LogP contribution in [0.25, 0.3) is 11.0 Å². The third kappa shape index (κ3) is 3.76. The molecule has 136 valence electrons. The van der Waals surface area contributed by atoms with Crippen LogP contribution in [0.5, 0.6) is 0 Å². The molecule has 0 saturated heterocycles. The van der Waals surface area contributed by atoms with Crippen molar-refractivity contribution < 1.29 is 18.1 Å². The Kier molecular flexibility index (Phi) is 4.79. The molecule has 0 spiro atoms. The van der Waals surface area contributed by atoms with Gasteiger partial charge in [0, 0.05) is 24.8 Å². The summed E-state index contributed by atoms with van der Waals surface area (Å²) in [5.41, 5.74) is -0.146. The van der Waals surface area contributed by atoms with Crippen molar-refractivity contribution in [1.29, 1.82) is 0 Å². The van der Waals surface area contributed by atoms with Crippen LogP contribution in [0, 0.1) is 10.1 Å². The van der Waals surface area contributed by atoms with Crippen molar-refractivity contribution in [3.63, 3.8) is 0 Å². The molecule has 0 aliphatic heterocycles. The largest absolute Gasteiger partial charge is 0.423 e. The Labute approximate surface area is 146 Å². The quantitative estimate of drug-likeness (QED) is 0.398. The maximum atomic E-state index is 13.0. The number of nitrogens with zero attached hydrogens (tertiary/aromatic N) is 3. The van der Waals surface area contributed by atoms with E-state index in [2.05, 4.69) is 10.3 Å². The van der Waals surface area contributed by atoms with Crippen molar-refractivity contribution in [3.05, 3.63) is 64.5 Å². The number of imidazole rings is 1. The lowest BCUT2D eigenvalue weighted by Gasteiger charge is -2.11. The van der Waals surface area contributed by atoms with Crippen molar-refractivity contribution in [2.24, 2.45) is 0 Å². The van der Waals surface area contributed by atoms with E-state index in [-0.39, 0.29) is 5.69 Å². The summed E-state index contributed by atoms with van der Waals surface area (Å²) in [7, 11) is 0. The number of benzene rings is 2. The van der Waals surface area contributed by atoms with Crippen LogP contribution in [0.3, 0.4) is 0 Å². The maximum Gasteiger partial charge on any atom is 0.423 e. The molecule has 0 aliphatic rings. The van der Waals surface area contributed by atoms with Gasteiger partial charge in [-0.1, -0.05) is 12.1 Å². The minimum atomic E-state index is -4.78. The summed E-state index contributed by atoms with van der Waals surface area (Å²) in [5, 5.41) is 13.6. The number of aryl methyl sites for hydroxylation is 1. The van der Waals surface area contributed by atoms with Crippen molar-refractivity contribution >= 4 is 22.4 Å². The molecule has 0 aliphatic carbocycles. The third-order valence-corrected chi connectivity index (χ3v) is 3.93. The monoisotopic (exact) mass is 364 g/mol. The number of alkyl halides is 3. The van der Waals surface area contributed by atoms with Gasteiger partial charge in [-0.15, -0.1) is 0 Å². The molecule has 0 bridgehead atoms. The molecule has 3 rings (SSSR count). The Bertz CT molecular complexity index is 937. The number of anilines is 1. The first kappa shape index (κ1) is 17.7. The molecule has 0 unspecified atom stereocenters. The normalized spacial score (nSPS) is 11.7. The molecule has 0 saturated carbocycles. The maximum absolute atomic E-state index is 13.0. The summed E-state index contributed by atoms with van der Waals surface area (Å²) >= 11 is 0. The topological polar surface area (TPSA) is 73.0 Å². The fraction of sp³-hybridized carbons (Fsp3) is 0.235. The van der Waals surface area contributed by atoms with E-state index in [0.717, 1.165) is 23.2 Å². The van der Waals surface area contributed by atoms with E-state index < -0.39 is 22.4 Å². The summed E-state index contributed by atoms with van der Waals surface area (Å²) in [6.45, 7) is 1.06. The zero-order valence-corrected chi connectivity index (χ0v) is 13.5. The van der Waals surface area contributed by atoms with E-state index in [0.29, 0.717) is 19.5 Å². The molecule has 1 aromatic heterocycles. The molecule has 1 heterocycles. The van der Waals surface area contributed by atoms with Gasteiger partial charge < -0.3 is 9.88 Å². The summed E-state index contributed by atoms with van der Waals surface area (Å²) in [6.07, 6.45) is -2.41. The lowest BCUT2D eigenvalue weighted by atomic mass is 10.1. The molecule has 0 fully saturated rings. The fourth-order valence-electron chi connectivity index (χ4n) is 2.70. The number of nitro benzene ring substituents is 1. The van der Waals surface area contributed by atoms with Gasteiger partial charge in [-0.3, -0.25) is 10.1 Å². The number of nitro groups is 1. The number of hydrogen-bond acceptors (Lipinski definition) is 4. The van der Waals surface area contributed by atoms with E-state index >= 15 is 0 Å². The molecule has 0 atom stereocenters. The van der Waals surface area contributed by atoms with Gasteiger partial charge in [-0.05, 0) is 30.7 Å². The highest BCUT2D eigenvalue weighted by Crippen LogP contribution is 2.37. The number of rotatable bonds is 6. The molecule has 26 heavy (non-hydrogen) atoms.